The van der Waals surface area contributed by atoms with E-state index in [-0.39, 0.29) is 26.5 Å². The van der Waals surface area contributed by atoms with Gasteiger partial charge in [0.15, 0.2) is 8.42 Å². The lowest BCUT2D eigenvalue weighted by Gasteiger charge is -2.20. The normalized spacial score (nSPS) is 22.1. The lowest BCUT2D eigenvalue weighted by molar-refractivity contribution is 0.591. The van der Waals surface area contributed by atoms with Crippen molar-refractivity contribution in [2.45, 2.75) is 73.9 Å². The Hall–Kier alpha value is -1.58. The minimum atomic E-state index is -3.55. The molecule has 0 spiro atoms. The van der Waals surface area contributed by atoms with Crippen molar-refractivity contribution in [2.24, 2.45) is 9.98 Å². The lowest BCUT2D eigenvalue weighted by atomic mass is 10.3. The van der Waals surface area contributed by atoms with E-state index in [0.29, 0.717) is 26.0 Å². The van der Waals surface area contributed by atoms with Crippen molar-refractivity contribution >= 4 is 89.2 Å². The molecule has 0 bridgehead atoms. The number of anilines is 2. The summed E-state index contributed by atoms with van der Waals surface area (Å²) in [5.41, 5.74) is 2.57. The molecule has 0 atom stereocenters. The van der Waals surface area contributed by atoms with Gasteiger partial charge in [-0.25, -0.2) is 36.3 Å². The van der Waals surface area contributed by atoms with Crippen LogP contribution in [-0.2, 0) is 20.0 Å². The molecule has 4 heterocycles. The summed E-state index contributed by atoms with van der Waals surface area (Å²) in [6.07, 6.45) is 4.35. The maximum atomic E-state index is 12.1. The van der Waals surface area contributed by atoms with Crippen LogP contribution in [0.5, 0.6) is 0 Å². The van der Waals surface area contributed by atoms with Crippen LogP contribution in [0.15, 0.2) is 18.4 Å². The lowest BCUT2D eigenvalue weighted by Crippen LogP contribution is -2.40. The van der Waals surface area contributed by atoms with Crippen LogP contribution in [-0.4, -0.2) is 40.8 Å². The van der Waals surface area contributed by atoms with E-state index in [4.69, 9.17) is 23.2 Å². The third-order valence-electron chi connectivity index (χ3n) is 5.57. The van der Waals surface area contributed by atoms with Gasteiger partial charge in [-0.3, -0.25) is 0 Å². The van der Waals surface area contributed by atoms with Gasteiger partial charge in [-0.15, -0.1) is 22.7 Å². The molecule has 1 fully saturated rings. The quantitative estimate of drug-likeness (QED) is 0.380. The first-order valence-corrected chi connectivity index (χ1v) is 16.5. The van der Waals surface area contributed by atoms with E-state index >= 15 is 0 Å². The number of thiophene rings is 2. The minimum absolute atomic E-state index is 0.00355. The zero-order valence-electron chi connectivity index (χ0n) is 19.9. The summed E-state index contributed by atoms with van der Waals surface area (Å²) in [6.45, 7) is 7.31. The fourth-order valence-electron chi connectivity index (χ4n) is 3.82. The van der Waals surface area contributed by atoms with Gasteiger partial charge in [-0.1, -0.05) is 36.0 Å². The Morgan fingerprint density at radius 2 is 1.28 bits per heavy atom. The van der Waals surface area contributed by atoms with Gasteiger partial charge in [0.05, 0.1) is 26.1 Å². The Balaban J connectivity index is 0.000000170. The zero-order valence-corrected chi connectivity index (χ0v) is 24.7. The summed E-state index contributed by atoms with van der Waals surface area (Å²) >= 11 is 14.1. The Morgan fingerprint density at radius 3 is 1.75 bits per heavy atom. The van der Waals surface area contributed by atoms with Crippen LogP contribution in [0.4, 0.5) is 11.4 Å². The Labute approximate surface area is 228 Å². The predicted octanol–water partition coefficient (Wildman–Crippen LogP) is 4.89. The number of rotatable bonds is 2. The van der Waals surface area contributed by atoms with Gasteiger partial charge in [0, 0.05) is 17.2 Å². The molecule has 36 heavy (non-hydrogen) atoms. The molecule has 3 aliphatic rings. The van der Waals surface area contributed by atoms with Crippen LogP contribution in [0.3, 0.4) is 0 Å². The van der Waals surface area contributed by atoms with Crippen LogP contribution in [0.1, 0.15) is 50.7 Å². The topological polar surface area (TPSA) is 141 Å². The van der Waals surface area contributed by atoms with Gasteiger partial charge in [0.1, 0.15) is 0 Å². The van der Waals surface area contributed by atoms with Crippen molar-refractivity contribution in [1.29, 1.82) is 0 Å². The SMILES string of the molecule is Cc1c(Cl)sc2c1NC(=NC(C)C)NS2(=O)=O.Cc1c(Cl)sc2c1NC(=NC1CCCC1)NS2(=O)=O. The third kappa shape index (κ3) is 5.63. The van der Waals surface area contributed by atoms with E-state index in [1.807, 2.05) is 13.8 Å². The van der Waals surface area contributed by atoms with Crippen molar-refractivity contribution in [1.82, 2.24) is 9.44 Å². The van der Waals surface area contributed by atoms with Crippen LogP contribution in [0.2, 0.25) is 8.67 Å². The Morgan fingerprint density at radius 1 is 0.833 bits per heavy atom. The molecule has 0 unspecified atom stereocenters. The van der Waals surface area contributed by atoms with Crippen molar-refractivity contribution in [3.05, 3.63) is 19.8 Å². The van der Waals surface area contributed by atoms with E-state index in [1.54, 1.807) is 13.8 Å². The second-order valence-corrected chi connectivity index (χ2v) is 15.8. The number of nitrogens with one attached hydrogen (secondary N) is 4. The zero-order chi connectivity index (χ0) is 26.4. The molecular weight excluding hydrogens is 587 g/mol. The third-order valence-corrected chi connectivity index (χ3v) is 12.5. The molecule has 4 N–H and O–H groups in total. The van der Waals surface area contributed by atoms with E-state index < -0.39 is 20.0 Å². The molecule has 10 nitrogen and oxygen atoms in total. The van der Waals surface area contributed by atoms with Gasteiger partial charge in [-0.05, 0) is 40.5 Å². The number of guanidine groups is 2. The second-order valence-electron chi connectivity index (χ2n) is 8.77. The van der Waals surface area contributed by atoms with Crippen molar-refractivity contribution in [3.8, 4) is 0 Å². The molecule has 1 saturated carbocycles. The maximum Gasteiger partial charge on any atom is 0.275 e. The molecule has 2 aliphatic heterocycles. The second kappa shape index (κ2) is 10.3. The summed E-state index contributed by atoms with van der Waals surface area (Å²) in [5.74, 6) is 0.557. The molecule has 0 aromatic carbocycles. The fraction of sp³-hybridized carbons (Fsp3) is 0.500. The van der Waals surface area contributed by atoms with Crippen LogP contribution in [0, 0.1) is 13.8 Å². The standard InChI is InChI=1S/C11H14ClN3O2S2.C9H12ClN3O2S2/c1-6-8-10(18-9(6)12)19(16,17)15-11(14-8)13-7-4-2-3-5-7;1-4(2)11-9-12-6-5(3)7(10)16-8(6)17(14,15)13-9/h7H,2-5H2,1H3,(H2,13,14,15);4H,1-3H3,(H2,11,12,13). The first kappa shape index (κ1) is 27.5. The molecule has 198 valence electrons. The highest BCUT2D eigenvalue weighted by atomic mass is 35.5. The number of sulfonamides is 2. The van der Waals surface area contributed by atoms with Crippen molar-refractivity contribution in [3.63, 3.8) is 0 Å². The van der Waals surface area contributed by atoms with Gasteiger partial charge in [0.2, 0.25) is 11.9 Å². The summed E-state index contributed by atoms with van der Waals surface area (Å²) < 4.78 is 54.5. The van der Waals surface area contributed by atoms with Crippen molar-refractivity contribution in [2.75, 3.05) is 10.6 Å². The predicted molar refractivity (Wildman–Crippen MR) is 148 cm³/mol. The largest absolute Gasteiger partial charge is 0.323 e. The number of hydrogen-bond acceptors (Lipinski definition) is 8. The highest BCUT2D eigenvalue weighted by Crippen LogP contribution is 2.42. The Bertz CT molecular complexity index is 1460. The number of aliphatic imine (C=N–C) groups is 2. The first-order valence-electron chi connectivity index (χ1n) is 11.1. The monoisotopic (exact) mass is 612 g/mol. The van der Waals surface area contributed by atoms with E-state index in [2.05, 4.69) is 30.1 Å². The molecule has 0 saturated heterocycles. The summed E-state index contributed by atoms with van der Waals surface area (Å²) in [6, 6.07) is 0.206. The average Bonchev–Trinajstić information content (AvgIpc) is 3.45. The van der Waals surface area contributed by atoms with Gasteiger partial charge in [0.25, 0.3) is 20.0 Å². The number of nitrogens with zero attached hydrogens (tertiary/aromatic N) is 2. The number of halogens is 2. The van der Waals surface area contributed by atoms with Gasteiger partial charge < -0.3 is 10.6 Å². The molecular formula is C20H26Cl2N6O4S4. The van der Waals surface area contributed by atoms with E-state index in [0.717, 1.165) is 59.5 Å². The first-order chi connectivity index (χ1) is 16.8. The average molecular weight is 614 g/mol. The van der Waals surface area contributed by atoms with Gasteiger partial charge in [-0.2, -0.15) is 0 Å². The van der Waals surface area contributed by atoms with Crippen molar-refractivity contribution < 1.29 is 16.8 Å². The maximum absolute atomic E-state index is 12.1. The highest BCUT2D eigenvalue weighted by Gasteiger charge is 2.33. The summed E-state index contributed by atoms with van der Waals surface area (Å²) in [5, 5.41) is 6.01. The van der Waals surface area contributed by atoms with Gasteiger partial charge >= 0.3 is 0 Å². The van der Waals surface area contributed by atoms with Crippen LogP contribution >= 0.6 is 45.9 Å². The molecule has 5 rings (SSSR count). The number of fused-ring (bicyclic) bond motifs is 2. The smallest absolute Gasteiger partial charge is 0.275 e. The molecule has 16 heteroatoms. The Kier molecular flexibility index (Phi) is 7.85. The van der Waals surface area contributed by atoms with Crippen LogP contribution in [0.25, 0.3) is 0 Å². The molecule has 2 aromatic heterocycles. The number of hydrogen-bond donors (Lipinski definition) is 4. The van der Waals surface area contributed by atoms with E-state index in [1.165, 1.54) is 0 Å². The summed E-state index contributed by atoms with van der Waals surface area (Å²) in [4.78, 5) is 8.61. The molecule has 0 amide bonds. The highest BCUT2D eigenvalue weighted by molar-refractivity contribution is 7.93. The fourth-order valence-corrected chi connectivity index (χ4v) is 9.67. The van der Waals surface area contributed by atoms with E-state index in [9.17, 15) is 16.8 Å². The molecule has 1 aliphatic carbocycles. The van der Waals surface area contributed by atoms with Crippen LogP contribution < -0.4 is 20.1 Å². The minimum Gasteiger partial charge on any atom is -0.323 e. The molecule has 0 radical (unpaired) electrons. The molecule has 2 aromatic rings. The summed E-state index contributed by atoms with van der Waals surface area (Å²) in [7, 11) is -7.09.